The molecule has 0 saturated carbocycles. The zero-order chi connectivity index (χ0) is 24.8. The Bertz CT molecular complexity index is 899. The van der Waals surface area contributed by atoms with Crippen LogP contribution in [0.3, 0.4) is 0 Å². The van der Waals surface area contributed by atoms with Crippen LogP contribution in [-0.2, 0) is 5.41 Å². The first kappa shape index (κ1) is 27.2. The lowest BCUT2D eigenvalue weighted by Crippen LogP contribution is -2.32. The minimum Gasteiger partial charge on any atom is -0.491 e. The number of hydrogen-bond donors (Lipinski definition) is 4. The summed E-state index contributed by atoms with van der Waals surface area (Å²) < 4.78 is 5.96. The third kappa shape index (κ3) is 6.50. The van der Waals surface area contributed by atoms with Crippen molar-refractivity contribution in [1.82, 2.24) is 0 Å². The van der Waals surface area contributed by atoms with Gasteiger partial charge in [0.25, 0.3) is 0 Å². The maximum atomic E-state index is 10.3. The monoisotopic (exact) mass is 457 g/mol. The van der Waals surface area contributed by atoms with E-state index in [1.807, 2.05) is 26.8 Å². The third-order valence-electron chi connectivity index (χ3n) is 6.85. The SMILES string of the molecule is CCC(CC)(c1ccc(NC[C@H](O)CO)c(C)c1)c1ccc(OC[C@@H](O)C(C)(C)C)c(C)c1. The van der Waals surface area contributed by atoms with Crippen molar-refractivity contribution in [2.45, 2.75) is 78.9 Å². The molecule has 0 aliphatic rings. The van der Waals surface area contributed by atoms with Crippen LogP contribution in [0.5, 0.6) is 5.75 Å². The predicted molar refractivity (Wildman–Crippen MR) is 136 cm³/mol. The number of hydrogen-bond acceptors (Lipinski definition) is 5. The number of benzene rings is 2. The minimum atomic E-state index is -0.775. The topological polar surface area (TPSA) is 82.0 Å². The Hall–Kier alpha value is -2.08. The van der Waals surface area contributed by atoms with Gasteiger partial charge in [-0.05, 0) is 66.5 Å². The van der Waals surface area contributed by atoms with Gasteiger partial charge in [0.05, 0.1) is 18.8 Å². The fourth-order valence-corrected chi connectivity index (χ4v) is 4.21. The van der Waals surface area contributed by atoms with Gasteiger partial charge in [-0.25, -0.2) is 0 Å². The van der Waals surface area contributed by atoms with Crippen LogP contribution >= 0.6 is 0 Å². The van der Waals surface area contributed by atoms with Crippen molar-refractivity contribution in [2.75, 3.05) is 25.1 Å². The molecule has 2 aromatic carbocycles. The van der Waals surface area contributed by atoms with Gasteiger partial charge in [-0.2, -0.15) is 0 Å². The molecule has 0 bridgehead atoms. The smallest absolute Gasteiger partial charge is 0.122 e. The van der Waals surface area contributed by atoms with Crippen molar-refractivity contribution in [2.24, 2.45) is 5.41 Å². The Morgan fingerprint density at radius 2 is 1.48 bits per heavy atom. The van der Waals surface area contributed by atoms with Crippen molar-refractivity contribution < 1.29 is 20.1 Å². The molecule has 33 heavy (non-hydrogen) atoms. The molecule has 0 amide bonds. The quantitative estimate of drug-likeness (QED) is 0.383. The van der Waals surface area contributed by atoms with Gasteiger partial charge in [0.15, 0.2) is 0 Å². The van der Waals surface area contributed by atoms with Crippen LogP contribution in [-0.4, -0.2) is 47.3 Å². The second kappa shape index (κ2) is 11.4. The van der Waals surface area contributed by atoms with Crippen molar-refractivity contribution in [3.8, 4) is 5.75 Å². The highest BCUT2D eigenvalue weighted by atomic mass is 16.5. The molecule has 0 fully saturated rings. The zero-order valence-electron chi connectivity index (χ0n) is 21.4. The Morgan fingerprint density at radius 3 is 1.97 bits per heavy atom. The van der Waals surface area contributed by atoms with E-state index in [0.29, 0.717) is 6.54 Å². The van der Waals surface area contributed by atoms with Crippen LogP contribution in [0.1, 0.15) is 69.7 Å². The average molecular weight is 458 g/mol. The summed E-state index contributed by atoms with van der Waals surface area (Å²) in [6, 6.07) is 12.8. The summed E-state index contributed by atoms with van der Waals surface area (Å²) in [4.78, 5) is 0. The summed E-state index contributed by atoms with van der Waals surface area (Å²) in [5.74, 6) is 0.807. The number of nitrogens with one attached hydrogen (secondary N) is 1. The van der Waals surface area contributed by atoms with Gasteiger partial charge in [0.2, 0.25) is 0 Å². The number of ether oxygens (including phenoxy) is 1. The summed E-state index contributed by atoms with van der Waals surface area (Å²) in [5.41, 5.74) is 5.30. The highest BCUT2D eigenvalue weighted by molar-refractivity contribution is 5.55. The van der Waals surface area contributed by atoms with E-state index in [4.69, 9.17) is 9.84 Å². The molecule has 2 aromatic rings. The summed E-state index contributed by atoms with van der Waals surface area (Å²) in [5, 5.41) is 32.2. The second-order valence-corrected chi connectivity index (χ2v) is 10.2. The molecule has 4 N–H and O–H groups in total. The molecule has 184 valence electrons. The maximum absolute atomic E-state index is 10.3. The fraction of sp³-hybridized carbons (Fsp3) is 0.571. The van der Waals surface area contributed by atoms with Crippen LogP contribution in [0, 0.1) is 19.3 Å². The first-order valence-corrected chi connectivity index (χ1v) is 12.0. The van der Waals surface area contributed by atoms with Crippen LogP contribution in [0.2, 0.25) is 0 Å². The van der Waals surface area contributed by atoms with E-state index in [1.54, 1.807) is 0 Å². The van der Waals surface area contributed by atoms with E-state index in [9.17, 15) is 10.2 Å². The van der Waals surface area contributed by atoms with Gasteiger partial charge in [-0.15, -0.1) is 0 Å². The molecule has 0 radical (unpaired) electrons. The Balaban J connectivity index is 2.31. The molecule has 0 spiro atoms. The molecule has 5 nitrogen and oxygen atoms in total. The molecule has 0 aliphatic carbocycles. The molecular formula is C28H43NO4. The maximum Gasteiger partial charge on any atom is 0.122 e. The molecule has 0 aromatic heterocycles. The van der Waals surface area contributed by atoms with Crippen molar-refractivity contribution >= 4 is 5.69 Å². The fourth-order valence-electron chi connectivity index (χ4n) is 4.21. The molecule has 2 rings (SSSR count). The Kier molecular flexibility index (Phi) is 9.36. The summed E-state index contributed by atoms with van der Waals surface area (Å²) in [6.07, 6.45) is 0.612. The van der Waals surface area contributed by atoms with E-state index in [0.717, 1.165) is 35.4 Å². The van der Waals surface area contributed by atoms with E-state index in [2.05, 4.69) is 63.3 Å². The first-order chi connectivity index (χ1) is 15.5. The summed E-state index contributed by atoms with van der Waals surface area (Å²) >= 11 is 0. The number of anilines is 1. The van der Waals surface area contributed by atoms with E-state index in [-0.39, 0.29) is 24.0 Å². The van der Waals surface area contributed by atoms with Gasteiger partial charge < -0.3 is 25.4 Å². The van der Waals surface area contributed by atoms with Crippen molar-refractivity contribution in [1.29, 1.82) is 0 Å². The molecule has 2 atom stereocenters. The van der Waals surface area contributed by atoms with Gasteiger partial charge in [-0.3, -0.25) is 0 Å². The van der Waals surface area contributed by atoms with Crippen LogP contribution in [0.4, 0.5) is 5.69 Å². The predicted octanol–water partition coefficient (Wildman–Crippen LogP) is 4.96. The minimum absolute atomic E-state index is 0.123. The standard InChI is InChI=1S/C28H43NO4/c1-8-28(9-2,21-10-12-24(19(3)14-21)29-16-23(31)17-30)22-11-13-25(20(4)15-22)33-18-26(32)27(5,6)7/h10-15,23,26,29-32H,8-9,16-18H2,1-7H3/t23-,26+/m0/s1. The zero-order valence-corrected chi connectivity index (χ0v) is 21.4. The van der Waals surface area contributed by atoms with E-state index in [1.165, 1.54) is 11.1 Å². The Labute approximate surface area is 199 Å². The third-order valence-corrected chi connectivity index (χ3v) is 6.85. The van der Waals surface area contributed by atoms with Crippen LogP contribution in [0.15, 0.2) is 36.4 Å². The molecule has 0 aliphatic heterocycles. The van der Waals surface area contributed by atoms with Crippen LogP contribution < -0.4 is 10.1 Å². The number of aliphatic hydroxyl groups is 3. The number of rotatable bonds is 11. The average Bonchev–Trinajstić information content (AvgIpc) is 2.78. The molecule has 5 heteroatoms. The van der Waals surface area contributed by atoms with Gasteiger partial charge in [-0.1, -0.05) is 58.9 Å². The number of aliphatic hydroxyl groups excluding tert-OH is 3. The number of aryl methyl sites for hydroxylation is 2. The van der Waals surface area contributed by atoms with Gasteiger partial charge in [0, 0.05) is 17.6 Å². The largest absolute Gasteiger partial charge is 0.491 e. The van der Waals surface area contributed by atoms with E-state index < -0.39 is 12.2 Å². The molecule has 0 heterocycles. The lowest BCUT2D eigenvalue weighted by Gasteiger charge is -2.34. The lowest BCUT2D eigenvalue weighted by molar-refractivity contribution is 0.0216. The molecule has 0 saturated heterocycles. The van der Waals surface area contributed by atoms with Gasteiger partial charge in [0.1, 0.15) is 12.4 Å². The van der Waals surface area contributed by atoms with Crippen molar-refractivity contribution in [3.63, 3.8) is 0 Å². The molecular weight excluding hydrogens is 414 g/mol. The molecule has 0 unspecified atom stereocenters. The summed E-state index contributed by atoms with van der Waals surface area (Å²) in [6.45, 7) is 14.9. The van der Waals surface area contributed by atoms with Gasteiger partial charge >= 0.3 is 0 Å². The Morgan fingerprint density at radius 1 is 0.909 bits per heavy atom. The summed E-state index contributed by atoms with van der Waals surface area (Å²) in [7, 11) is 0. The lowest BCUT2D eigenvalue weighted by atomic mass is 9.70. The van der Waals surface area contributed by atoms with Crippen LogP contribution in [0.25, 0.3) is 0 Å². The van der Waals surface area contributed by atoms with Crippen molar-refractivity contribution in [3.05, 3.63) is 58.7 Å². The highest BCUT2D eigenvalue weighted by Crippen LogP contribution is 2.41. The normalized spacial score (nSPS) is 14.1. The second-order valence-electron chi connectivity index (χ2n) is 10.2. The highest BCUT2D eigenvalue weighted by Gasteiger charge is 2.31. The van der Waals surface area contributed by atoms with E-state index >= 15 is 0 Å². The first-order valence-electron chi connectivity index (χ1n) is 12.0.